The third-order valence-corrected chi connectivity index (χ3v) is 11.2. The third kappa shape index (κ3) is 5.61. The average Bonchev–Trinajstić information content (AvgIpc) is 3.77. The highest BCUT2D eigenvalue weighted by Gasteiger charge is 2.24. The molecule has 0 fully saturated rings. The van der Waals surface area contributed by atoms with Gasteiger partial charge in [-0.05, 0) is 134 Å². The highest BCUT2D eigenvalue weighted by atomic mass is 15.3. The number of aromatic nitrogens is 2. The van der Waals surface area contributed by atoms with E-state index in [0.717, 1.165) is 46.3 Å². The van der Waals surface area contributed by atoms with Gasteiger partial charge in [0.15, 0.2) is 0 Å². The van der Waals surface area contributed by atoms with Crippen molar-refractivity contribution in [3.05, 3.63) is 161 Å². The summed E-state index contributed by atoms with van der Waals surface area (Å²) >= 11 is 0. The van der Waals surface area contributed by atoms with Gasteiger partial charge < -0.3 is 14.7 Å². The Morgan fingerprint density at radius 2 is 1.19 bits per heavy atom. The zero-order valence-corrected chi connectivity index (χ0v) is 31.6. The maximum Gasteiger partial charge on any atom is 0.137 e. The van der Waals surface area contributed by atoms with Crippen molar-refractivity contribution >= 4 is 50.2 Å². The minimum Gasteiger partial charge on any atom is -0.328 e. The van der Waals surface area contributed by atoms with Crippen molar-refractivity contribution in [3.8, 4) is 5.82 Å². The van der Waals surface area contributed by atoms with E-state index < -0.39 is 0 Å². The molecule has 0 unspecified atom stereocenters. The molecule has 0 atom stereocenters. The van der Waals surface area contributed by atoms with Crippen molar-refractivity contribution in [3.63, 3.8) is 0 Å². The molecule has 7 aromatic rings. The van der Waals surface area contributed by atoms with Crippen LogP contribution in [0.2, 0.25) is 0 Å². The number of hydrogen-bond acceptors (Lipinski definition) is 4. The van der Waals surface area contributed by atoms with Crippen LogP contribution in [0.25, 0.3) is 27.6 Å². The van der Waals surface area contributed by atoms with Crippen LogP contribution in [-0.4, -0.2) is 16.2 Å². The third-order valence-electron chi connectivity index (χ3n) is 11.2. The molecule has 0 radical (unpaired) electrons. The average molecular weight is 682 g/mol. The van der Waals surface area contributed by atoms with Crippen LogP contribution in [0.3, 0.4) is 0 Å². The zero-order valence-electron chi connectivity index (χ0n) is 31.6. The molecule has 5 heteroatoms. The molecule has 260 valence electrons. The van der Waals surface area contributed by atoms with E-state index in [1.807, 2.05) is 6.20 Å². The van der Waals surface area contributed by atoms with Gasteiger partial charge in [-0.25, -0.2) is 4.98 Å². The Labute approximate surface area is 308 Å². The van der Waals surface area contributed by atoms with Crippen LogP contribution >= 0.6 is 0 Å². The van der Waals surface area contributed by atoms with Crippen LogP contribution in [0.5, 0.6) is 0 Å². The maximum absolute atomic E-state index is 4.93. The Bertz CT molecular complexity index is 2470. The van der Waals surface area contributed by atoms with E-state index in [2.05, 4.69) is 196 Å². The number of pyridine rings is 1. The summed E-state index contributed by atoms with van der Waals surface area (Å²) in [5.74, 6) is 0.929. The molecule has 5 nitrogen and oxygen atoms in total. The number of para-hydroxylation sites is 2. The molecule has 5 aromatic carbocycles. The summed E-state index contributed by atoms with van der Waals surface area (Å²) in [6.07, 6.45) is 6.37. The molecule has 8 rings (SSSR count). The molecule has 0 N–H and O–H groups in total. The van der Waals surface area contributed by atoms with Gasteiger partial charge in [-0.3, -0.25) is 4.57 Å². The number of hydrogen-bond donors (Lipinski definition) is 0. The molecule has 0 spiro atoms. The van der Waals surface area contributed by atoms with Crippen molar-refractivity contribution in [2.75, 3.05) is 21.4 Å². The van der Waals surface area contributed by atoms with Crippen LogP contribution < -0.4 is 14.7 Å². The Morgan fingerprint density at radius 3 is 1.94 bits per heavy atom. The van der Waals surface area contributed by atoms with Gasteiger partial charge in [0.2, 0.25) is 0 Å². The standard InChI is InChI=1S/C47H47N5/c1-31-32(2)34(4)46(35(5)33(31)3)50-26-25-49(30-50)38-17-14-18-39(28-38)51(37-15-10-9-11-16-37)40-21-22-42-41-19-12-13-20-43(41)52(44(42)29-40)45-27-36(23-24-48-45)47(6,7)8/h9-29H,30H2,1-8H3. The molecule has 52 heavy (non-hydrogen) atoms. The smallest absolute Gasteiger partial charge is 0.137 e. The van der Waals surface area contributed by atoms with Crippen LogP contribution in [0.15, 0.2) is 128 Å². The fraction of sp³-hybridized carbons (Fsp3) is 0.213. The zero-order chi connectivity index (χ0) is 36.3. The fourth-order valence-corrected chi connectivity index (χ4v) is 7.83. The molecule has 1 aliphatic heterocycles. The van der Waals surface area contributed by atoms with Crippen molar-refractivity contribution in [2.24, 2.45) is 0 Å². The molecular weight excluding hydrogens is 635 g/mol. The van der Waals surface area contributed by atoms with E-state index in [1.54, 1.807) is 0 Å². The summed E-state index contributed by atoms with van der Waals surface area (Å²) in [6.45, 7) is 18.8. The summed E-state index contributed by atoms with van der Waals surface area (Å²) in [6, 6.07) is 39.5. The lowest BCUT2D eigenvalue weighted by atomic mass is 9.88. The van der Waals surface area contributed by atoms with Crippen LogP contribution in [-0.2, 0) is 5.41 Å². The first-order chi connectivity index (χ1) is 25.0. The normalized spacial score (nSPS) is 13.2. The van der Waals surface area contributed by atoms with E-state index in [-0.39, 0.29) is 5.41 Å². The summed E-state index contributed by atoms with van der Waals surface area (Å²) in [5.41, 5.74) is 16.1. The lowest BCUT2D eigenvalue weighted by molar-refractivity contribution is 0.588. The van der Waals surface area contributed by atoms with E-state index in [9.17, 15) is 0 Å². The molecule has 1 aliphatic rings. The molecule has 0 aliphatic carbocycles. The van der Waals surface area contributed by atoms with Crippen LogP contribution in [0.4, 0.5) is 28.4 Å². The van der Waals surface area contributed by atoms with Crippen molar-refractivity contribution in [2.45, 2.75) is 60.8 Å². The van der Waals surface area contributed by atoms with Crippen molar-refractivity contribution in [1.29, 1.82) is 0 Å². The first-order valence-electron chi connectivity index (χ1n) is 18.2. The first-order valence-corrected chi connectivity index (χ1v) is 18.2. The van der Waals surface area contributed by atoms with E-state index >= 15 is 0 Å². The molecule has 2 aromatic heterocycles. The Balaban J connectivity index is 1.23. The van der Waals surface area contributed by atoms with Crippen molar-refractivity contribution in [1.82, 2.24) is 9.55 Å². The fourth-order valence-electron chi connectivity index (χ4n) is 7.83. The van der Waals surface area contributed by atoms with Crippen LogP contribution in [0, 0.1) is 34.6 Å². The largest absolute Gasteiger partial charge is 0.328 e. The second-order valence-electron chi connectivity index (χ2n) is 15.3. The SMILES string of the molecule is Cc1c(C)c(C)c(N2C=CN(c3cccc(N(c4ccccc4)c4ccc5c6ccccc6n(-c6cc(C(C)(C)C)ccn6)c5c4)c3)C2)c(C)c1C. The maximum atomic E-state index is 4.93. The summed E-state index contributed by atoms with van der Waals surface area (Å²) in [5, 5.41) is 2.42. The van der Waals surface area contributed by atoms with Gasteiger partial charge in [0, 0.05) is 57.8 Å². The van der Waals surface area contributed by atoms with E-state index in [4.69, 9.17) is 4.98 Å². The quantitative estimate of drug-likeness (QED) is 0.175. The Morgan fingerprint density at radius 1 is 0.558 bits per heavy atom. The number of nitrogens with zero attached hydrogens (tertiary/aromatic N) is 5. The topological polar surface area (TPSA) is 27.5 Å². The minimum atomic E-state index is 0.00791. The van der Waals surface area contributed by atoms with Gasteiger partial charge in [-0.1, -0.05) is 69.3 Å². The monoisotopic (exact) mass is 681 g/mol. The minimum absolute atomic E-state index is 0.00791. The number of benzene rings is 5. The van der Waals surface area contributed by atoms with Gasteiger partial charge in [-0.15, -0.1) is 0 Å². The van der Waals surface area contributed by atoms with E-state index in [1.165, 1.54) is 49.8 Å². The summed E-state index contributed by atoms with van der Waals surface area (Å²) in [4.78, 5) is 12.0. The molecule has 3 heterocycles. The number of anilines is 5. The Kier molecular flexibility index (Phi) is 8.18. The highest BCUT2D eigenvalue weighted by molar-refractivity contribution is 6.10. The molecular formula is C47H47N5. The van der Waals surface area contributed by atoms with Crippen LogP contribution in [0.1, 0.15) is 54.2 Å². The second kappa shape index (κ2) is 12.8. The van der Waals surface area contributed by atoms with Gasteiger partial charge in [0.25, 0.3) is 0 Å². The van der Waals surface area contributed by atoms with E-state index in [0.29, 0.717) is 0 Å². The second-order valence-corrected chi connectivity index (χ2v) is 15.3. The predicted molar refractivity (Wildman–Crippen MR) is 221 cm³/mol. The van der Waals surface area contributed by atoms with Gasteiger partial charge in [-0.2, -0.15) is 0 Å². The molecule has 0 saturated carbocycles. The Hall–Kier alpha value is -5.81. The van der Waals surface area contributed by atoms with Gasteiger partial charge >= 0.3 is 0 Å². The number of rotatable bonds is 6. The highest BCUT2D eigenvalue weighted by Crippen LogP contribution is 2.41. The summed E-state index contributed by atoms with van der Waals surface area (Å²) in [7, 11) is 0. The molecule has 0 saturated heterocycles. The lowest BCUT2D eigenvalue weighted by Crippen LogP contribution is -2.26. The first kappa shape index (κ1) is 33.3. The summed E-state index contributed by atoms with van der Waals surface area (Å²) < 4.78 is 2.32. The predicted octanol–water partition coefficient (Wildman–Crippen LogP) is 12.2. The molecule has 0 bridgehead atoms. The van der Waals surface area contributed by atoms with Gasteiger partial charge in [0.1, 0.15) is 5.82 Å². The number of fused-ring (bicyclic) bond motifs is 3. The molecule has 0 amide bonds. The lowest BCUT2D eigenvalue weighted by Gasteiger charge is -2.29. The van der Waals surface area contributed by atoms with Crippen molar-refractivity contribution < 1.29 is 0 Å². The van der Waals surface area contributed by atoms with Gasteiger partial charge in [0.05, 0.1) is 17.7 Å².